The van der Waals surface area contributed by atoms with Gasteiger partial charge in [-0.1, -0.05) is 0 Å². The molecule has 0 atom stereocenters. The molecular weight excluding hydrogens is 387 g/mol. The van der Waals surface area contributed by atoms with E-state index in [2.05, 4.69) is 39.2 Å². The molecule has 0 saturated heterocycles. The summed E-state index contributed by atoms with van der Waals surface area (Å²) in [6.45, 7) is 0. The molecule has 0 spiro atoms. The summed E-state index contributed by atoms with van der Waals surface area (Å²) in [6.07, 6.45) is 1.81. The van der Waals surface area contributed by atoms with Gasteiger partial charge in [0, 0.05) is 0 Å². The first-order chi connectivity index (χ1) is 12.8. The molecule has 3 nitrogen and oxygen atoms in total. The summed E-state index contributed by atoms with van der Waals surface area (Å²) in [5.41, 5.74) is 6.54. The van der Waals surface area contributed by atoms with Crippen LogP contribution in [0.15, 0.2) is 83.4 Å². The van der Waals surface area contributed by atoms with Crippen LogP contribution in [0.1, 0.15) is 0 Å². The first kappa shape index (κ1) is 15.3. The SMILES string of the molecule is [Se]c1cccc2oc3ccc(-c4cccc(-c5ccccn5)c4)nc3c12. The van der Waals surface area contributed by atoms with E-state index in [4.69, 9.17) is 9.40 Å². The van der Waals surface area contributed by atoms with Crippen LogP contribution in [0.3, 0.4) is 0 Å². The predicted octanol–water partition coefficient (Wildman–Crippen LogP) is 4.50. The Morgan fingerprint density at radius 2 is 1.58 bits per heavy atom. The standard InChI is InChI=1S/C22H13N2OSe/c26-20-9-4-8-18-21(20)22-19(25-18)11-10-17(24-22)15-6-3-5-14(13-15)16-7-1-2-12-23-16/h1-13H. The van der Waals surface area contributed by atoms with Crippen molar-refractivity contribution in [2.45, 2.75) is 0 Å². The maximum atomic E-state index is 5.92. The fraction of sp³-hybridized carbons (Fsp3) is 0. The van der Waals surface area contributed by atoms with Gasteiger partial charge in [-0.15, -0.1) is 0 Å². The number of hydrogen-bond donors (Lipinski definition) is 0. The van der Waals surface area contributed by atoms with Gasteiger partial charge in [0.15, 0.2) is 0 Å². The van der Waals surface area contributed by atoms with Gasteiger partial charge in [-0.3, -0.25) is 0 Å². The number of benzene rings is 2. The van der Waals surface area contributed by atoms with Gasteiger partial charge < -0.3 is 0 Å². The second-order valence-corrected chi connectivity index (χ2v) is 6.99. The number of nitrogens with zero attached hydrogens (tertiary/aromatic N) is 2. The van der Waals surface area contributed by atoms with Crippen molar-refractivity contribution < 1.29 is 4.42 Å². The molecule has 5 aromatic rings. The zero-order valence-corrected chi connectivity index (χ0v) is 15.4. The van der Waals surface area contributed by atoms with Crippen LogP contribution in [0.25, 0.3) is 44.6 Å². The minimum atomic E-state index is 0.798. The summed E-state index contributed by atoms with van der Waals surface area (Å²) < 4.78 is 6.97. The summed E-state index contributed by atoms with van der Waals surface area (Å²) in [4.78, 5) is 9.33. The molecule has 2 aromatic carbocycles. The molecule has 0 saturated carbocycles. The van der Waals surface area contributed by atoms with Crippen LogP contribution in [0.5, 0.6) is 0 Å². The molecule has 0 bridgehead atoms. The average Bonchev–Trinajstić information content (AvgIpc) is 3.08. The first-order valence-electron chi connectivity index (χ1n) is 8.31. The summed E-state index contributed by atoms with van der Waals surface area (Å²) in [7, 11) is 0. The van der Waals surface area contributed by atoms with Crippen LogP contribution in [0.2, 0.25) is 0 Å². The van der Waals surface area contributed by atoms with Gasteiger partial charge in [0.2, 0.25) is 0 Å². The summed E-state index contributed by atoms with van der Waals surface area (Å²) in [6, 6.07) is 24.2. The van der Waals surface area contributed by atoms with E-state index in [9.17, 15) is 0 Å². The van der Waals surface area contributed by atoms with Crippen molar-refractivity contribution >= 4 is 42.5 Å². The van der Waals surface area contributed by atoms with Gasteiger partial charge >= 0.3 is 158 Å². The molecule has 0 amide bonds. The maximum absolute atomic E-state index is 5.92. The molecule has 3 heterocycles. The molecule has 4 heteroatoms. The average molecular weight is 400 g/mol. The topological polar surface area (TPSA) is 38.9 Å². The van der Waals surface area contributed by atoms with Crippen LogP contribution in [0, 0.1) is 0 Å². The Morgan fingerprint density at radius 3 is 2.42 bits per heavy atom. The molecule has 0 fully saturated rings. The fourth-order valence-corrected chi connectivity index (χ4v) is 3.77. The van der Waals surface area contributed by atoms with E-state index in [1.54, 1.807) is 0 Å². The number of pyridine rings is 2. The molecule has 123 valence electrons. The molecule has 26 heavy (non-hydrogen) atoms. The van der Waals surface area contributed by atoms with Crippen LogP contribution in [-0.2, 0) is 0 Å². The second-order valence-electron chi connectivity index (χ2n) is 6.07. The molecule has 0 aliphatic carbocycles. The quantitative estimate of drug-likeness (QED) is 0.410. The van der Waals surface area contributed by atoms with Gasteiger partial charge in [0.1, 0.15) is 0 Å². The molecule has 3 aromatic heterocycles. The number of aromatic nitrogens is 2. The second kappa shape index (κ2) is 6.10. The zero-order valence-electron chi connectivity index (χ0n) is 13.7. The summed E-state index contributed by atoms with van der Waals surface area (Å²) in [5.74, 6) is 0. The van der Waals surface area contributed by atoms with Crippen molar-refractivity contribution in [2.75, 3.05) is 0 Å². The van der Waals surface area contributed by atoms with Crippen molar-refractivity contribution in [1.29, 1.82) is 0 Å². The molecule has 5 rings (SSSR count). The monoisotopic (exact) mass is 401 g/mol. The fourth-order valence-electron chi connectivity index (χ4n) is 3.19. The Morgan fingerprint density at radius 1 is 0.731 bits per heavy atom. The van der Waals surface area contributed by atoms with Crippen molar-refractivity contribution in [2.24, 2.45) is 0 Å². The van der Waals surface area contributed by atoms with Gasteiger partial charge in [0.05, 0.1) is 0 Å². The molecule has 0 aliphatic heterocycles. The van der Waals surface area contributed by atoms with Crippen molar-refractivity contribution in [3.05, 3.63) is 79.0 Å². The van der Waals surface area contributed by atoms with Crippen LogP contribution < -0.4 is 4.46 Å². The van der Waals surface area contributed by atoms with E-state index in [-0.39, 0.29) is 0 Å². The van der Waals surface area contributed by atoms with Crippen molar-refractivity contribution in [3.8, 4) is 22.5 Å². The summed E-state index contributed by atoms with van der Waals surface area (Å²) in [5, 5.41) is 1.03. The number of fused-ring (bicyclic) bond motifs is 3. The Balaban J connectivity index is 1.69. The number of furan rings is 1. The van der Waals surface area contributed by atoms with E-state index in [1.807, 2.05) is 60.8 Å². The van der Waals surface area contributed by atoms with Crippen molar-refractivity contribution in [3.63, 3.8) is 0 Å². The predicted molar refractivity (Wildman–Crippen MR) is 106 cm³/mol. The third-order valence-electron chi connectivity index (χ3n) is 4.42. The Bertz CT molecular complexity index is 1250. The normalized spacial score (nSPS) is 11.2. The zero-order chi connectivity index (χ0) is 17.5. The van der Waals surface area contributed by atoms with E-state index in [0.717, 1.165) is 49.0 Å². The third kappa shape index (κ3) is 2.51. The van der Waals surface area contributed by atoms with Gasteiger partial charge in [-0.2, -0.15) is 0 Å². The Kier molecular flexibility index (Phi) is 3.59. The molecule has 0 unspecified atom stereocenters. The summed E-state index contributed by atoms with van der Waals surface area (Å²) >= 11 is 3.10. The van der Waals surface area contributed by atoms with Gasteiger partial charge in [0.25, 0.3) is 0 Å². The van der Waals surface area contributed by atoms with Crippen LogP contribution >= 0.6 is 0 Å². The first-order valence-corrected chi connectivity index (χ1v) is 9.16. The van der Waals surface area contributed by atoms with Crippen LogP contribution in [0.4, 0.5) is 0 Å². The van der Waals surface area contributed by atoms with Crippen LogP contribution in [-0.4, -0.2) is 26.0 Å². The van der Waals surface area contributed by atoms with Crippen molar-refractivity contribution in [1.82, 2.24) is 9.97 Å². The van der Waals surface area contributed by atoms with E-state index in [0.29, 0.717) is 0 Å². The van der Waals surface area contributed by atoms with Gasteiger partial charge in [-0.05, 0) is 0 Å². The van der Waals surface area contributed by atoms with Gasteiger partial charge in [-0.25, -0.2) is 0 Å². The van der Waals surface area contributed by atoms with E-state index < -0.39 is 0 Å². The number of rotatable bonds is 2. The third-order valence-corrected chi connectivity index (χ3v) is 5.14. The minimum absolute atomic E-state index is 0.798. The molecule has 0 aliphatic rings. The Hall–Kier alpha value is -2.94. The Labute approximate surface area is 158 Å². The van der Waals surface area contributed by atoms with E-state index >= 15 is 0 Å². The molecule has 1 radical (unpaired) electrons. The molecule has 0 N–H and O–H groups in total. The molecular formula is C22H13N2OSe. The van der Waals surface area contributed by atoms with E-state index in [1.165, 1.54) is 0 Å². The number of hydrogen-bond acceptors (Lipinski definition) is 3.